The molecule has 0 saturated heterocycles. The summed E-state index contributed by atoms with van der Waals surface area (Å²) in [7, 11) is 0. The van der Waals surface area contributed by atoms with E-state index in [1.54, 1.807) is 0 Å². The predicted molar refractivity (Wildman–Crippen MR) is 60.0 cm³/mol. The van der Waals surface area contributed by atoms with Crippen LogP contribution in [0.2, 0.25) is 0 Å². The second kappa shape index (κ2) is 3.95. The Morgan fingerprint density at radius 1 is 1.36 bits per heavy atom. The fourth-order valence-electron chi connectivity index (χ4n) is 2.10. The Balaban J connectivity index is 2.30. The first-order valence-corrected chi connectivity index (χ1v) is 5.38. The van der Waals surface area contributed by atoms with Crippen LogP contribution in [0.25, 0.3) is 5.57 Å². The predicted octanol–water partition coefficient (Wildman–Crippen LogP) is 3.59. The van der Waals surface area contributed by atoms with E-state index in [2.05, 4.69) is 31.0 Å². The third kappa shape index (κ3) is 2.03. The van der Waals surface area contributed by atoms with E-state index in [0.29, 0.717) is 0 Å². The summed E-state index contributed by atoms with van der Waals surface area (Å²) in [4.78, 5) is 4.24. The topological polar surface area (TPSA) is 12.9 Å². The number of hydrogen-bond donors (Lipinski definition) is 0. The van der Waals surface area contributed by atoms with Crippen LogP contribution < -0.4 is 0 Å². The van der Waals surface area contributed by atoms with Crippen LogP contribution >= 0.6 is 0 Å². The monoisotopic (exact) mass is 187 g/mol. The summed E-state index contributed by atoms with van der Waals surface area (Å²) >= 11 is 0. The molecule has 1 nitrogen and oxygen atoms in total. The highest BCUT2D eigenvalue weighted by atomic mass is 14.6. The van der Waals surface area contributed by atoms with Crippen LogP contribution in [-0.2, 0) is 0 Å². The van der Waals surface area contributed by atoms with Crippen molar-refractivity contribution in [2.45, 2.75) is 33.1 Å². The van der Waals surface area contributed by atoms with Crippen molar-refractivity contribution in [3.8, 4) is 0 Å². The molecule has 0 saturated carbocycles. The average molecular weight is 187 g/mol. The van der Waals surface area contributed by atoms with Crippen LogP contribution in [0, 0.1) is 12.8 Å². The van der Waals surface area contributed by atoms with Crippen LogP contribution in [0.15, 0.2) is 24.5 Å². The van der Waals surface area contributed by atoms with Crippen LogP contribution in [0.5, 0.6) is 0 Å². The summed E-state index contributed by atoms with van der Waals surface area (Å²) in [6.45, 7) is 4.39. The average Bonchev–Trinajstić information content (AvgIpc) is 2.18. The summed E-state index contributed by atoms with van der Waals surface area (Å²) in [6, 6.07) is 2.23. The van der Waals surface area contributed by atoms with Crippen LogP contribution in [-0.4, -0.2) is 4.98 Å². The summed E-state index contributed by atoms with van der Waals surface area (Å²) in [5.74, 6) is 0.735. The lowest BCUT2D eigenvalue weighted by Gasteiger charge is -2.17. The Morgan fingerprint density at radius 2 is 2.21 bits per heavy atom. The number of allylic oxidation sites excluding steroid dienone is 2. The van der Waals surface area contributed by atoms with Crippen LogP contribution in [0.4, 0.5) is 0 Å². The third-order valence-electron chi connectivity index (χ3n) is 2.84. The van der Waals surface area contributed by atoms with Crippen molar-refractivity contribution in [2.75, 3.05) is 0 Å². The normalized spacial score (nSPS) is 21.9. The minimum absolute atomic E-state index is 0.735. The molecule has 74 valence electrons. The van der Waals surface area contributed by atoms with E-state index in [-0.39, 0.29) is 0 Å². The number of pyridine rings is 1. The number of aryl methyl sites for hydroxylation is 1. The second-order valence-electron chi connectivity index (χ2n) is 4.31. The molecule has 0 unspecified atom stereocenters. The molecular formula is C13H17N. The molecule has 0 aromatic carbocycles. The van der Waals surface area contributed by atoms with Crippen molar-refractivity contribution in [1.82, 2.24) is 4.98 Å². The van der Waals surface area contributed by atoms with Crippen molar-refractivity contribution in [1.29, 1.82) is 0 Å². The summed E-state index contributed by atoms with van der Waals surface area (Å²) < 4.78 is 0. The van der Waals surface area contributed by atoms with Gasteiger partial charge in [0.05, 0.1) is 0 Å². The zero-order chi connectivity index (χ0) is 9.97. The van der Waals surface area contributed by atoms with Gasteiger partial charge >= 0.3 is 0 Å². The molecule has 0 amide bonds. The quantitative estimate of drug-likeness (QED) is 0.654. The molecule has 0 fully saturated rings. The fourth-order valence-corrected chi connectivity index (χ4v) is 2.10. The Bertz CT molecular complexity index is 352. The van der Waals surface area contributed by atoms with Gasteiger partial charge in [-0.05, 0) is 54.9 Å². The maximum absolute atomic E-state index is 4.24. The Morgan fingerprint density at radius 3 is 2.93 bits per heavy atom. The van der Waals surface area contributed by atoms with E-state index in [4.69, 9.17) is 0 Å². The highest BCUT2D eigenvalue weighted by Crippen LogP contribution is 2.29. The molecule has 1 aromatic rings. The molecule has 1 atom stereocenters. The van der Waals surface area contributed by atoms with Gasteiger partial charge < -0.3 is 0 Å². The lowest BCUT2D eigenvalue weighted by Crippen LogP contribution is -2.00. The van der Waals surface area contributed by atoms with E-state index < -0.39 is 0 Å². The molecule has 0 N–H and O–H groups in total. The van der Waals surface area contributed by atoms with Crippen molar-refractivity contribution in [2.24, 2.45) is 5.92 Å². The molecule has 1 heteroatoms. The highest BCUT2D eigenvalue weighted by molar-refractivity contribution is 5.66. The Labute approximate surface area is 85.9 Å². The minimum Gasteiger partial charge on any atom is -0.264 e. The Kier molecular flexibility index (Phi) is 2.67. The van der Waals surface area contributed by atoms with Gasteiger partial charge in [0.2, 0.25) is 0 Å². The lowest BCUT2D eigenvalue weighted by molar-refractivity contribution is 0.592. The summed E-state index contributed by atoms with van der Waals surface area (Å²) in [6.07, 6.45) is 10.2. The van der Waals surface area contributed by atoms with Crippen LogP contribution in [0.3, 0.4) is 0 Å². The van der Waals surface area contributed by atoms with E-state index in [1.165, 1.54) is 36.0 Å². The van der Waals surface area contributed by atoms with Gasteiger partial charge in [-0.1, -0.05) is 13.0 Å². The van der Waals surface area contributed by atoms with Crippen molar-refractivity contribution >= 4 is 5.57 Å². The fraction of sp³-hybridized carbons (Fsp3) is 0.462. The van der Waals surface area contributed by atoms with Gasteiger partial charge in [0.15, 0.2) is 0 Å². The molecule has 0 bridgehead atoms. The molecule has 1 aliphatic carbocycles. The zero-order valence-electron chi connectivity index (χ0n) is 8.96. The van der Waals surface area contributed by atoms with Gasteiger partial charge in [0, 0.05) is 12.4 Å². The van der Waals surface area contributed by atoms with Gasteiger partial charge in [0.25, 0.3) is 0 Å². The molecule has 2 rings (SSSR count). The number of rotatable bonds is 1. The molecule has 0 aliphatic heterocycles. The van der Waals surface area contributed by atoms with Gasteiger partial charge in [-0.3, -0.25) is 4.98 Å². The van der Waals surface area contributed by atoms with E-state index >= 15 is 0 Å². The zero-order valence-corrected chi connectivity index (χ0v) is 8.96. The summed E-state index contributed by atoms with van der Waals surface area (Å²) in [5.41, 5.74) is 4.05. The van der Waals surface area contributed by atoms with Gasteiger partial charge in [-0.15, -0.1) is 0 Å². The number of nitrogens with zero attached hydrogens (tertiary/aromatic N) is 1. The van der Waals surface area contributed by atoms with Crippen molar-refractivity contribution in [3.63, 3.8) is 0 Å². The third-order valence-corrected chi connectivity index (χ3v) is 2.84. The molecule has 0 radical (unpaired) electrons. The molecule has 0 spiro atoms. The largest absolute Gasteiger partial charge is 0.264 e. The van der Waals surface area contributed by atoms with E-state index in [0.717, 1.165) is 5.92 Å². The Hall–Kier alpha value is -1.11. The summed E-state index contributed by atoms with van der Waals surface area (Å²) in [5, 5.41) is 0. The molecule has 1 aliphatic rings. The minimum atomic E-state index is 0.735. The maximum Gasteiger partial charge on any atom is 0.0343 e. The second-order valence-corrected chi connectivity index (χ2v) is 4.31. The smallest absolute Gasteiger partial charge is 0.0343 e. The van der Waals surface area contributed by atoms with Crippen molar-refractivity contribution < 1.29 is 0 Å². The first-order chi connectivity index (χ1) is 6.75. The first kappa shape index (κ1) is 9.45. The molecule has 1 heterocycles. The first-order valence-electron chi connectivity index (χ1n) is 5.38. The molecule has 14 heavy (non-hydrogen) atoms. The van der Waals surface area contributed by atoms with Crippen LogP contribution in [0.1, 0.15) is 37.3 Å². The maximum atomic E-state index is 4.24. The highest BCUT2D eigenvalue weighted by Gasteiger charge is 2.11. The number of aromatic nitrogens is 1. The molecular weight excluding hydrogens is 170 g/mol. The van der Waals surface area contributed by atoms with E-state index in [9.17, 15) is 0 Å². The standard InChI is InChI=1S/C13H17N/c1-10-4-3-5-12(6-10)13-7-11(2)8-14-9-13/h6-10H,3-5H2,1-2H3/t10-/m0/s1. The SMILES string of the molecule is Cc1cncc(C2=C[C@@H](C)CCC2)c1. The van der Waals surface area contributed by atoms with Gasteiger partial charge in [-0.25, -0.2) is 0 Å². The van der Waals surface area contributed by atoms with Crippen molar-refractivity contribution in [3.05, 3.63) is 35.7 Å². The molecule has 1 aromatic heterocycles. The van der Waals surface area contributed by atoms with Gasteiger partial charge in [-0.2, -0.15) is 0 Å². The number of hydrogen-bond acceptors (Lipinski definition) is 1. The lowest BCUT2D eigenvalue weighted by atomic mass is 9.88. The van der Waals surface area contributed by atoms with E-state index in [1.807, 2.05) is 12.4 Å². The van der Waals surface area contributed by atoms with Gasteiger partial charge in [0.1, 0.15) is 0 Å².